The van der Waals surface area contributed by atoms with Gasteiger partial charge in [0, 0.05) is 54.4 Å². The Hall–Kier alpha value is -5.05. The number of aliphatic carboxylic acids is 1. The first-order valence-corrected chi connectivity index (χ1v) is 31.3. The van der Waals surface area contributed by atoms with Crippen LogP contribution < -0.4 is 10.6 Å². The summed E-state index contributed by atoms with van der Waals surface area (Å²) in [7, 11) is 0. The van der Waals surface area contributed by atoms with E-state index in [4.69, 9.17) is 23.9 Å². The molecule has 0 spiro atoms. The second kappa shape index (κ2) is 28.0. The lowest BCUT2D eigenvalue weighted by atomic mass is 9.59. The summed E-state index contributed by atoms with van der Waals surface area (Å²) in [6.07, 6.45) is 7.41. The van der Waals surface area contributed by atoms with Crippen LogP contribution in [0.4, 0.5) is 5.82 Å². The number of rotatable bonds is 20. The van der Waals surface area contributed by atoms with Gasteiger partial charge in [0.25, 0.3) is 0 Å². The molecule has 0 saturated heterocycles. The maximum absolute atomic E-state index is 15.5. The van der Waals surface area contributed by atoms with E-state index in [0.29, 0.717) is 72.0 Å². The highest BCUT2D eigenvalue weighted by Gasteiger charge is 2.51. The number of carbonyl (C=O) groups is 6. The number of hydrogen-bond donors (Lipinski definition) is 4. The summed E-state index contributed by atoms with van der Waals surface area (Å²) in [6, 6.07) is 0. The van der Waals surface area contributed by atoms with Crippen LogP contribution in [0.3, 0.4) is 0 Å². The molecule has 466 valence electrons. The Kier molecular flexibility index (Phi) is 23.2. The van der Waals surface area contributed by atoms with Gasteiger partial charge in [0.1, 0.15) is 35.0 Å². The fourth-order valence-electron chi connectivity index (χ4n) is 13.7. The van der Waals surface area contributed by atoms with E-state index < -0.39 is 42.0 Å². The number of esters is 3. The van der Waals surface area contributed by atoms with Gasteiger partial charge in [0.05, 0.1) is 24.3 Å². The van der Waals surface area contributed by atoms with Crippen LogP contribution in [-0.2, 0) is 42.9 Å². The van der Waals surface area contributed by atoms with E-state index in [1.807, 2.05) is 34.6 Å². The molecule has 1 aliphatic heterocycles. The molecule has 1 aromatic rings. The number of nitrogens with zero attached hydrogens (tertiary/aromatic N) is 1. The molecular formula is C68H108N4O11. The van der Waals surface area contributed by atoms with Gasteiger partial charge in [-0.1, -0.05) is 138 Å². The fraction of sp³-hybridized carbons (Fsp3) is 0.750. The number of allylic oxidation sites excluding steroid dienone is 1. The van der Waals surface area contributed by atoms with Crippen LogP contribution >= 0.6 is 0 Å². The number of carboxylic acids is 1. The molecule has 7 unspecified atom stereocenters. The molecule has 7 atom stereocenters. The zero-order valence-electron chi connectivity index (χ0n) is 54.7. The topological polar surface area (TPSA) is 212 Å². The number of aliphatic imine (C=N–C) groups is 1. The lowest BCUT2D eigenvalue weighted by Gasteiger charge is -2.50. The van der Waals surface area contributed by atoms with Gasteiger partial charge in [-0.25, -0.2) is 19.4 Å². The predicted octanol–water partition coefficient (Wildman–Crippen LogP) is 14.8. The summed E-state index contributed by atoms with van der Waals surface area (Å²) in [6.45, 7) is 46.6. The van der Waals surface area contributed by atoms with Crippen LogP contribution in [0.5, 0.6) is 0 Å². The summed E-state index contributed by atoms with van der Waals surface area (Å²) < 4.78 is 25.3. The van der Waals surface area contributed by atoms with Gasteiger partial charge >= 0.3 is 23.9 Å². The summed E-state index contributed by atoms with van der Waals surface area (Å²) in [5.74, 6) is -2.78. The molecule has 3 aliphatic carbocycles. The molecular weight excluding hydrogens is 1050 g/mol. The van der Waals surface area contributed by atoms with E-state index in [-0.39, 0.29) is 130 Å². The predicted molar refractivity (Wildman–Crippen MR) is 329 cm³/mol. The molecule has 0 bridgehead atoms. The number of aromatic amines is 1. The number of nitrogens with one attached hydrogen (secondary N) is 3. The van der Waals surface area contributed by atoms with E-state index in [2.05, 4.69) is 119 Å². The van der Waals surface area contributed by atoms with Gasteiger partial charge in [0.2, 0.25) is 11.8 Å². The van der Waals surface area contributed by atoms with Crippen molar-refractivity contribution in [3.05, 3.63) is 45.8 Å². The number of anilines is 1. The lowest BCUT2D eigenvalue weighted by molar-refractivity contribution is -0.164. The minimum atomic E-state index is -0.815. The lowest BCUT2D eigenvalue weighted by Crippen LogP contribution is -2.50. The molecule has 0 aromatic carbocycles. The van der Waals surface area contributed by atoms with E-state index in [9.17, 15) is 24.3 Å². The Morgan fingerprint density at radius 1 is 0.651 bits per heavy atom. The smallest absolute Gasteiger partial charge is 0.342 e. The highest BCUT2D eigenvalue weighted by Crippen LogP contribution is 2.52. The third kappa shape index (κ3) is 18.2. The number of amidine groups is 1. The number of H-pyrrole nitrogens is 1. The average molecular weight is 1160 g/mol. The molecule has 0 radical (unpaired) electrons. The van der Waals surface area contributed by atoms with Crippen LogP contribution in [0.2, 0.25) is 0 Å². The number of carboxylic acid groups (broad SMARTS) is 1. The van der Waals surface area contributed by atoms with Crippen LogP contribution in [-0.4, -0.2) is 83.1 Å². The van der Waals surface area contributed by atoms with Gasteiger partial charge < -0.3 is 39.7 Å². The number of hydrogen-bond acceptors (Lipinski definition) is 11. The molecule has 2 amide bonds. The summed E-state index contributed by atoms with van der Waals surface area (Å²) in [5.41, 5.74) is 1.90. The first-order valence-electron chi connectivity index (χ1n) is 31.3. The highest BCUT2D eigenvalue weighted by molar-refractivity contribution is 6.25. The first-order chi connectivity index (χ1) is 38.3. The Morgan fingerprint density at radius 2 is 1.13 bits per heavy atom. The summed E-state index contributed by atoms with van der Waals surface area (Å²) in [4.78, 5) is 91.6. The van der Waals surface area contributed by atoms with Crippen LogP contribution in [0.15, 0.2) is 34.0 Å². The standard InChI is InChI=1S/C68H108N4O11/c1-37(2)53-49(69-59(71-51(73)25-22-23-27-81-62(77)39(5)6)55(53)63(78)82-57-45(65(10,11)12)31-41(8)32-46(57)66(13,14)15)36-50-54(38(3)4)56(64(79)83-58-47(67(16,17)18)33-42(9)34-48(58)68(19,20)21)60(70-50)72-52(74)26-24-28-80-44-30-40(7)29-43(35-44)61(75)76/h36-38,40-48,57-58,70H,5,22-35H2,1-4,6-21H3,(H,72,74)(H,75,76)(H,69,71,73). The molecule has 4 N–H and O–H groups in total. The number of amides is 2. The average Bonchev–Trinajstić information content (AvgIpc) is 2.41. The Bertz CT molecular complexity index is 2560. The third-order valence-electron chi connectivity index (χ3n) is 18.1. The van der Waals surface area contributed by atoms with Crippen molar-refractivity contribution in [2.24, 2.45) is 79.9 Å². The number of ether oxygens (including phenoxy) is 4. The summed E-state index contributed by atoms with van der Waals surface area (Å²) in [5, 5.41) is 15.8. The molecule has 1 aromatic heterocycles. The van der Waals surface area contributed by atoms with Gasteiger partial charge in [-0.05, 0) is 140 Å². The van der Waals surface area contributed by atoms with Crippen molar-refractivity contribution in [2.75, 3.05) is 18.5 Å². The quantitative estimate of drug-likeness (QED) is 0.0417. The SMILES string of the molecule is C=C(C)C(=O)OCCCCC(=O)NC1=NC(=Cc2[nH]c(NC(=O)CCCOC3CC(C)CC(C(=O)O)C3)c(C(=O)OC3C(C(C)(C)C)CC(C)CC3C(C)(C)C)c2C(C)C)C(C(C)C)=C1C(=O)OC1C(C(C)(C)C)CC(C)CC1C(C)(C)C. The first kappa shape index (κ1) is 68.7. The maximum atomic E-state index is 15.5. The Labute approximate surface area is 498 Å². The van der Waals surface area contributed by atoms with Crippen molar-refractivity contribution < 1.29 is 52.8 Å². The second-order valence-electron chi connectivity index (χ2n) is 30.5. The monoisotopic (exact) mass is 1160 g/mol. The fourth-order valence-corrected chi connectivity index (χ4v) is 13.7. The van der Waals surface area contributed by atoms with Gasteiger partial charge in [-0.3, -0.25) is 14.4 Å². The van der Waals surface area contributed by atoms with Crippen molar-refractivity contribution in [3.63, 3.8) is 0 Å². The van der Waals surface area contributed by atoms with Gasteiger partial charge in [-0.2, -0.15) is 0 Å². The van der Waals surface area contributed by atoms with Crippen molar-refractivity contribution in [2.45, 2.75) is 240 Å². The molecule has 15 nitrogen and oxygen atoms in total. The maximum Gasteiger partial charge on any atom is 0.342 e. The largest absolute Gasteiger partial charge is 0.481 e. The van der Waals surface area contributed by atoms with Crippen molar-refractivity contribution >= 4 is 53.4 Å². The van der Waals surface area contributed by atoms with Crippen molar-refractivity contribution in [3.8, 4) is 0 Å². The van der Waals surface area contributed by atoms with Crippen LogP contribution in [0.1, 0.15) is 243 Å². The van der Waals surface area contributed by atoms with Crippen molar-refractivity contribution in [1.29, 1.82) is 0 Å². The molecule has 83 heavy (non-hydrogen) atoms. The second-order valence-corrected chi connectivity index (χ2v) is 30.5. The highest BCUT2D eigenvalue weighted by atomic mass is 16.6. The van der Waals surface area contributed by atoms with Crippen LogP contribution in [0.25, 0.3) is 6.08 Å². The number of aromatic nitrogens is 1. The Morgan fingerprint density at radius 3 is 1.60 bits per heavy atom. The minimum absolute atomic E-state index is 0.0430. The minimum Gasteiger partial charge on any atom is -0.481 e. The molecule has 15 heteroatoms. The van der Waals surface area contributed by atoms with Crippen LogP contribution in [0, 0.1) is 74.9 Å². The van der Waals surface area contributed by atoms with E-state index in [1.54, 1.807) is 13.0 Å². The third-order valence-corrected chi connectivity index (χ3v) is 18.1. The molecule has 2 heterocycles. The normalized spacial score (nSPS) is 26.9. The van der Waals surface area contributed by atoms with E-state index in [1.165, 1.54) is 0 Å². The zero-order chi connectivity index (χ0) is 62.4. The number of unbranched alkanes of at least 4 members (excludes halogenated alkanes) is 1. The molecule has 3 fully saturated rings. The molecule has 3 saturated carbocycles. The van der Waals surface area contributed by atoms with Gasteiger partial charge in [0.15, 0.2) is 0 Å². The molecule has 4 aliphatic rings. The van der Waals surface area contributed by atoms with E-state index >= 15 is 9.59 Å². The Balaban J connectivity index is 1.65. The van der Waals surface area contributed by atoms with E-state index in [0.717, 1.165) is 32.1 Å². The van der Waals surface area contributed by atoms with Gasteiger partial charge in [-0.15, -0.1) is 0 Å². The zero-order valence-corrected chi connectivity index (χ0v) is 54.7. The van der Waals surface area contributed by atoms with Crippen molar-refractivity contribution in [1.82, 2.24) is 10.3 Å². The molecule has 5 rings (SSSR count). The number of carbonyl (C=O) groups excluding carboxylic acids is 5. The summed E-state index contributed by atoms with van der Waals surface area (Å²) >= 11 is 0.